The smallest absolute Gasteiger partial charge is 0.252 e. The largest absolute Gasteiger partial charge is 0.274 e. The Morgan fingerprint density at radius 3 is 2.17 bits per heavy atom. The number of amides is 2. The van der Waals surface area contributed by atoms with Gasteiger partial charge in [0.2, 0.25) is 15.9 Å². The maximum Gasteiger partial charge on any atom is 0.252 e. The molecule has 0 N–H and O–H groups in total. The van der Waals surface area contributed by atoms with E-state index in [4.69, 9.17) is 11.6 Å². The van der Waals surface area contributed by atoms with E-state index in [2.05, 4.69) is 0 Å². The Kier molecular flexibility index (Phi) is 7.36. The molecule has 3 aromatic carbocycles. The van der Waals surface area contributed by atoms with Gasteiger partial charge in [0.25, 0.3) is 5.91 Å². The number of sulfonamides is 1. The van der Waals surface area contributed by atoms with Gasteiger partial charge in [-0.25, -0.2) is 13.3 Å². The number of rotatable bonds is 7. The number of benzene rings is 3. The molecule has 0 bridgehead atoms. The van der Waals surface area contributed by atoms with Crippen LogP contribution in [0.2, 0.25) is 5.02 Å². The van der Waals surface area contributed by atoms with Gasteiger partial charge in [0.1, 0.15) is 6.04 Å². The first-order valence-electron chi connectivity index (χ1n) is 11.8. The Morgan fingerprint density at radius 2 is 1.56 bits per heavy atom. The molecule has 0 aromatic heterocycles. The summed E-state index contributed by atoms with van der Waals surface area (Å²) in [7, 11) is -4.13. The van der Waals surface area contributed by atoms with Gasteiger partial charge in [-0.2, -0.15) is 4.31 Å². The average Bonchev–Trinajstić information content (AvgIpc) is 3.11. The Bertz CT molecular complexity index is 1410. The molecule has 3 aromatic rings. The molecule has 8 heteroatoms. The lowest BCUT2D eigenvalue weighted by molar-refractivity contribution is -0.122. The lowest BCUT2D eigenvalue weighted by Gasteiger charge is -2.29. The minimum Gasteiger partial charge on any atom is -0.274 e. The predicted octanol–water partition coefficient (Wildman–Crippen LogP) is 5.14. The number of para-hydroxylation sites is 1. The van der Waals surface area contributed by atoms with Crippen molar-refractivity contribution in [2.24, 2.45) is 0 Å². The van der Waals surface area contributed by atoms with Crippen molar-refractivity contribution >= 4 is 39.1 Å². The predicted molar refractivity (Wildman–Crippen MR) is 142 cm³/mol. The van der Waals surface area contributed by atoms with E-state index < -0.39 is 27.9 Å². The van der Waals surface area contributed by atoms with E-state index in [1.165, 1.54) is 4.31 Å². The molecule has 1 fully saturated rings. The summed E-state index contributed by atoms with van der Waals surface area (Å²) >= 11 is 6.14. The first-order chi connectivity index (χ1) is 17.0. The molecule has 1 aliphatic rings. The van der Waals surface area contributed by atoms with Gasteiger partial charge >= 0.3 is 0 Å². The monoisotopic (exact) mass is 524 g/mol. The molecule has 1 saturated heterocycles. The summed E-state index contributed by atoms with van der Waals surface area (Å²) in [6.07, 6.45) is 0.122. The first kappa shape index (κ1) is 26.1. The fourth-order valence-electron chi connectivity index (χ4n) is 4.75. The quantitative estimate of drug-likeness (QED) is 0.401. The molecule has 1 aliphatic heterocycles. The van der Waals surface area contributed by atoms with Crippen molar-refractivity contribution in [2.45, 2.75) is 51.5 Å². The third-order valence-electron chi connectivity index (χ3n) is 6.86. The lowest BCUT2D eigenvalue weighted by atomic mass is 10.0. The van der Waals surface area contributed by atoms with E-state index >= 15 is 0 Å². The van der Waals surface area contributed by atoms with Crippen molar-refractivity contribution in [1.29, 1.82) is 0 Å². The summed E-state index contributed by atoms with van der Waals surface area (Å²) in [6.45, 7) is 7.33. The van der Waals surface area contributed by atoms with Crippen LogP contribution in [0.25, 0.3) is 0 Å². The van der Waals surface area contributed by atoms with Crippen molar-refractivity contribution in [2.75, 3.05) is 11.4 Å². The van der Waals surface area contributed by atoms with Gasteiger partial charge in [-0.3, -0.25) is 9.59 Å². The van der Waals surface area contributed by atoms with Crippen molar-refractivity contribution < 1.29 is 18.0 Å². The zero-order chi connectivity index (χ0) is 26.2. The molecular weight excluding hydrogens is 496 g/mol. The highest BCUT2D eigenvalue weighted by Crippen LogP contribution is 2.33. The van der Waals surface area contributed by atoms with Crippen LogP contribution in [0.4, 0.5) is 5.69 Å². The number of imide groups is 1. The van der Waals surface area contributed by atoms with Crippen LogP contribution in [0.5, 0.6) is 0 Å². The van der Waals surface area contributed by atoms with Crippen LogP contribution >= 0.6 is 11.6 Å². The highest BCUT2D eigenvalue weighted by Gasteiger charge is 2.47. The number of hydrogen-bond acceptors (Lipinski definition) is 4. The summed E-state index contributed by atoms with van der Waals surface area (Å²) in [5.41, 5.74) is 4.26. The Hall–Kier alpha value is -3.00. The molecule has 0 saturated carbocycles. The lowest BCUT2D eigenvalue weighted by Crippen LogP contribution is -2.46. The molecule has 188 valence electrons. The van der Waals surface area contributed by atoms with Crippen LogP contribution in [-0.4, -0.2) is 37.1 Å². The van der Waals surface area contributed by atoms with Gasteiger partial charge in [-0.15, -0.1) is 0 Å². The molecule has 1 unspecified atom stereocenters. The van der Waals surface area contributed by atoms with Crippen LogP contribution in [0.3, 0.4) is 0 Å². The summed E-state index contributed by atoms with van der Waals surface area (Å²) in [5.74, 6) is -0.964. The summed E-state index contributed by atoms with van der Waals surface area (Å²) in [6, 6.07) is 16.6. The summed E-state index contributed by atoms with van der Waals surface area (Å²) < 4.78 is 29.7. The molecule has 6 nitrogen and oxygen atoms in total. The normalized spacial score (nSPS) is 16.3. The minimum absolute atomic E-state index is 0.0286. The van der Waals surface area contributed by atoms with E-state index in [1.54, 1.807) is 62.4 Å². The number of nitrogens with zero attached hydrogens (tertiary/aromatic N) is 2. The number of carbonyl (C=O) groups is 2. The SMILES string of the molecule is Cc1cc(C)c(C)c(S(=O)(=O)N(CCc2cccc(Cl)c2)C2CC(=O)N(c3ccccc3)C2=O)c1C. The number of carbonyl (C=O) groups excluding carboxylic acids is 2. The second kappa shape index (κ2) is 10.2. The third-order valence-corrected chi connectivity index (χ3v) is 9.28. The van der Waals surface area contributed by atoms with E-state index in [1.807, 2.05) is 26.0 Å². The van der Waals surface area contributed by atoms with Crippen molar-refractivity contribution in [3.63, 3.8) is 0 Å². The van der Waals surface area contributed by atoms with Crippen LogP contribution in [0.1, 0.15) is 34.2 Å². The van der Waals surface area contributed by atoms with Gasteiger partial charge in [0.05, 0.1) is 17.0 Å². The van der Waals surface area contributed by atoms with E-state index in [0.717, 1.165) is 21.6 Å². The van der Waals surface area contributed by atoms with E-state index in [9.17, 15) is 18.0 Å². The van der Waals surface area contributed by atoms with E-state index in [-0.39, 0.29) is 17.9 Å². The molecule has 0 spiro atoms. The average molecular weight is 525 g/mol. The second-order valence-corrected chi connectivity index (χ2v) is 11.5. The fourth-order valence-corrected chi connectivity index (χ4v) is 7.12. The Morgan fingerprint density at radius 1 is 0.917 bits per heavy atom. The zero-order valence-corrected chi connectivity index (χ0v) is 22.4. The highest BCUT2D eigenvalue weighted by molar-refractivity contribution is 7.89. The molecule has 1 heterocycles. The second-order valence-electron chi connectivity index (χ2n) is 9.21. The topological polar surface area (TPSA) is 74.8 Å². The molecular formula is C28H29ClN2O4S. The van der Waals surface area contributed by atoms with Crippen molar-refractivity contribution in [1.82, 2.24) is 4.31 Å². The van der Waals surface area contributed by atoms with Crippen molar-refractivity contribution in [3.05, 3.63) is 93.5 Å². The van der Waals surface area contributed by atoms with Crippen LogP contribution in [0, 0.1) is 27.7 Å². The molecule has 36 heavy (non-hydrogen) atoms. The molecule has 2 amide bonds. The van der Waals surface area contributed by atoms with Crippen molar-refractivity contribution in [3.8, 4) is 0 Å². The standard InChI is InChI=1S/C28H29ClN2O4S/c1-18-15-19(2)21(4)27(20(18)3)36(34,35)30(14-13-22-9-8-10-23(29)16-22)25-17-26(32)31(28(25)33)24-11-6-5-7-12-24/h5-12,15-16,25H,13-14,17H2,1-4H3. The van der Waals surface area contributed by atoms with Gasteiger partial charge in [-0.1, -0.05) is 48.0 Å². The molecule has 0 radical (unpaired) electrons. The van der Waals surface area contributed by atoms with Crippen LogP contribution < -0.4 is 4.90 Å². The summed E-state index contributed by atoms with van der Waals surface area (Å²) in [4.78, 5) is 27.9. The molecule has 1 atom stereocenters. The number of halogens is 1. The number of hydrogen-bond donors (Lipinski definition) is 0. The summed E-state index contributed by atoms with van der Waals surface area (Å²) in [5, 5.41) is 0.547. The number of anilines is 1. The van der Waals surface area contributed by atoms with Crippen LogP contribution in [0.15, 0.2) is 65.6 Å². The third kappa shape index (κ3) is 4.83. The van der Waals surface area contributed by atoms with Crippen LogP contribution in [-0.2, 0) is 26.0 Å². The Labute approximate surface area is 217 Å². The van der Waals surface area contributed by atoms with E-state index in [0.29, 0.717) is 28.3 Å². The molecule has 4 rings (SSSR count). The Balaban J connectivity index is 1.80. The van der Waals surface area contributed by atoms with Gasteiger partial charge in [-0.05, 0) is 86.2 Å². The highest BCUT2D eigenvalue weighted by atomic mass is 35.5. The maximum absolute atomic E-state index is 14.3. The first-order valence-corrected chi connectivity index (χ1v) is 13.6. The van der Waals surface area contributed by atoms with Gasteiger partial charge in [0, 0.05) is 11.6 Å². The minimum atomic E-state index is -4.13. The maximum atomic E-state index is 14.3. The number of aryl methyl sites for hydroxylation is 2. The fraction of sp³-hybridized carbons (Fsp3) is 0.286. The van der Waals surface area contributed by atoms with Gasteiger partial charge < -0.3 is 0 Å². The zero-order valence-electron chi connectivity index (χ0n) is 20.8. The van der Waals surface area contributed by atoms with Gasteiger partial charge in [0.15, 0.2) is 0 Å². The molecule has 0 aliphatic carbocycles.